The Hall–Kier alpha value is -3.51. The van der Waals surface area contributed by atoms with Crippen LogP contribution < -0.4 is 15.2 Å². The molecule has 11 nitrogen and oxygen atoms in total. The molecule has 0 amide bonds. The van der Waals surface area contributed by atoms with Crippen LogP contribution in [0.4, 0.5) is 5.95 Å². The molecule has 1 atom stereocenters. The van der Waals surface area contributed by atoms with Crippen LogP contribution in [0.15, 0.2) is 35.4 Å². The summed E-state index contributed by atoms with van der Waals surface area (Å²) >= 11 is 0. The van der Waals surface area contributed by atoms with Gasteiger partial charge in [0.05, 0.1) is 5.69 Å². The number of benzene rings is 1. The fourth-order valence-corrected chi connectivity index (χ4v) is 4.63. The Kier molecular flexibility index (Phi) is 7.76. The molecule has 1 aromatic carbocycles. The fraction of sp³-hybridized carbons (Fsp3) is 0.391. The molecular weight excluding hydrogens is 472 g/mol. The number of nitrogens with two attached hydrogens (primary N) is 1. The number of nitrogens with one attached hydrogen (secondary N) is 1. The van der Waals surface area contributed by atoms with E-state index in [1.807, 2.05) is 32.0 Å². The summed E-state index contributed by atoms with van der Waals surface area (Å²) in [6.45, 7) is 8.16. The van der Waals surface area contributed by atoms with E-state index in [1.54, 1.807) is 6.07 Å². The Labute approximate surface area is 204 Å². The van der Waals surface area contributed by atoms with Gasteiger partial charge in [-0.1, -0.05) is 32.0 Å². The summed E-state index contributed by atoms with van der Waals surface area (Å²) in [4.78, 5) is 19.9. The van der Waals surface area contributed by atoms with Crippen molar-refractivity contribution in [3.05, 3.63) is 47.2 Å². The fourth-order valence-electron chi connectivity index (χ4n) is 3.70. The number of rotatable bonds is 10. The number of aromatic nitrogens is 4. The van der Waals surface area contributed by atoms with Crippen molar-refractivity contribution in [1.82, 2.24) is 19.7 Å². The van der Waals surface area contributed by atoms with Gasteiger partial charge in [-0.2, -0.15) is 18.5 Å². The molecule has 0 saturated heterocycles. The standard InChI is InChI=1S/C23H30N6O5S/c1-13(2)9-16(24)12-34-19-10-17(21-14(3)7-6-8-15(21)4)25-23(26-19)28-35(32,33)20-11-18(22(30)31)29(5)27-20/h6-8,10-11,13,16H,9,12,24H2,1-5H3,(H,30,31)(H,25,26,28)/t16-/m1/s1. The normalized spacial score (nSPS) is 12.5. The second-order valence-electron chi connectivity index (χ2n) is 8.78. The van der Waals surface area contributed by atoms with E-state index in [2.05, 4.69) is 33.6 Å². The average Bonchev–Trinajstić information content (AvgIpc) is 3.14. The first-order valence-electron chi connectivity index (χ1n) is 11.0. The Morgan fingerprint density at radius 1 is 1.20 bits per heavy atom. The van der Waals surface area contributed by atoms with E-state index in [1.165, 1.54) is 7.05 Å². The highest BCUT2D eigenvalue weighted by Gasteiger charge is 2.24. The van der Waals surface area contributed by atoms with Crippen LogP contribution in [0.5, 0.6) is 5.88 Å². The molecule has 2 aromatic heterocycles. The number of carbonyl (C=O) groups is 1. The van der Waals surface area contributed by atoms with Crippen molar-refractivity contribution in [1.29, 1.82) is 0 Å². The van der Waals surface area contributed by atoms with Crippen molar-refractivity contribution < 1.29 is 23.1 Å². The molecular formula is C23H30N6O5S. The second kappa shape index (κ2) is 10.4. The molecule has 0 fully saturated rings. The number of hydrogen-bond donors (Lipinski definition) is 3. The van der Waals surface area contributed by atoms with Crippen molar-refractivity contribution >= 4 is 21.9 Å². The summed E-state index contributed by atoms with van der Waals surface area (Å²) in [5.41, 5.74) is 9.02. The molecule has 35 heavy (non-hydrogen) atoms. The van der Waals surface area contributed by atoms with Crippen molar-refractivity contribution in [2.24, 2.45) is 18.7 Å². The van der Waals surface area contributed by atoms with Gasteiger partial charge < -0.3 is 15.6 Å². The monoisotopic (exact) mass is 502 g/mol. The lowest BCUT2D eigenvalue weighted by molar-refractivity contribution is 0.0685. The van der Waals surface area contributed by atoms with Gasteiger partial charge in [0.1, 0.15) is 12.3 Å². The molecule has 0 bridgehead atoms. The van der Waals surface area contributed by atoms with E-state index in [9.17, 15) is 18.3 Å². The van der Waals surface area contributed by atoms with Crippen LogP contribution in [0, 0.1) is 19.8 Å². The third-order valence-corrected chi connectivity index (χ3v) is 6.44. The van der Waals surface area contributed by atoms with Crippen LogP contribution in [0.2, 0.25) is 0 Å². The number of ether oxygens (including phenoxy) is 1. The molecule has 0 radical (unpaired) electrons. The van der Waals surface area contributed by atoms with Crippen molar-refractivity contribution in [2.45, 2.75) is 45.2 Å². The molecule has 0 aliphatic carbocycles. The molecule has 3 rings (SSSR count). The minimum atomic E-state index is -4.28. The largest absolute Gasteiger partial charge is 0.477 e. The predicted octanol–water partition coefficient (Wildman–Crippen LogP) is 2.75. The van der Waals surface area contributed by atoms with E-state index in [0.29, 0.717) is 11.6 Å². The smallest absolute Gasteiger partial charge is 0.354 e. The Balaban J connectivity index is 2.01. The molecule has 4 N–H and O–H groups in total. The van der Waals surface area contributed by atoms with E-state index < -0.39 is 21.0 Å². The number of nitrogens with zero attached hydrogens (tertiary/aromatic N) is 4. The number of sulfonamides is 1. The van der Waals surface area contributed by atoms with Crippen LogP contribution in [0.25, 0.3) is 11.3 Å². The van der Waals surface area contributed by atoms with Gasteiger partial charge in [0.2, 0.25) is 11.8 Å². The van der Waals surface area contributed by atoms with Gasteiger partial charge in [0.25, 0.3) is 10.0 Å². The highest BCUT2D eigenvalue weighted by Crippen LogP contribution is 2.29. The lowest BCUT2D eigenvalue weighted by atomic mass is 10.00. The summed E-state index contributed by atoms with van der Waals surface area (Å²) in [6, 6.07) is 8.14. The van der Waals surface area contributed by atoms with Gasteiger partial charge in [0, 0.05) is 30.8 Å². The molecule has 0 aliphatic rings. The van der Waals surface area contributed by atoms with Crippen molar-refractivity contribution in [3.63, 3.8) is 0 Å². The summed E-state index contributed by atoms with van der Waals surface area (Å²) in [6.07, 6.45) is 0.750. The zero-order valence-corrected chi connectivity index (χ0v) is 21.1. The van der Waals surface area contributed by atoms with Gasteiger partial charge in [0.15, 0.2) is 5.03 Å². The zero-order valence-electron chi connectivity index (χ0n) is 20.3. The quantitative estimate of drug-likeness (QED) is 0.378. The van der Waals surface area contributed by atoms with Gasteiger partial charge in [-0.05, 0) is 37.3 Å². The third kappa shape index (κ3) is 6.34. The van der Waals surface area contributed by atoms with Gasteiger partial charge in [-0.15, -0.1) is 0 Å². The molecule has 0 spiro atoms. The second-order valence-corrected chi connectivity index (χ2v) is 10.4. The lowest BCUT2D eigenvalue weighted by Gasteiger charge is -2.16. The molecule has 3 aromatic rings. The van der Waals surface area contributed by atoms with Crippen LogP contribution in [-0.4, -0.2) is 51.9 Å². The van der Waals surface area contributed by atoms with Gasteiger partial charge in [-0.25, -0.2) is 14.5 Å². The molecule has 0 aliphatic heterocycles. The van der Waals surface area contributed by atoms with Crippen LogP contribution in [-0.2, 0) is 17.1 Å². The van der Waals surface area contributed by atoms with Gasteiger partial charge >= 0.3 is 5.97 Å². The predicted molar refractivity (Wildman–Crippen MR) is 131 cm³/mol. The Bertz CT molecular complexity index is 1320. The summed E-state index contributed by atoms with van der Waals surface area (Å²) in [5, 5.41) is 12.5. The number of hydrogen-bond acceptors (Lipinski definition) is 8. The van der Waals surface area contributed by atoms with E-state index in [4.69, 9.17) is 10.5 Å². The van der Waals surface area contributed by atoms with Crippen molar-refractivity contribution in [3.8, 4) is 17.1 Å². The van der Waals surface area contributed by atoms with Crippen LogP contribution in [0.3, 0.4) is 0 Å². The molecule has 188 valence electrons. The molecule has 12 heteroatoms. The summed E-state index contributed by atoms with van der Waals surface area (Å²) in [7, 11) is -2.94. The number of carboxylic acids is 1. The molecule has 2 heterocycles. The summed E-state index contributed by atoms with van der Waals surface area (Å²) < 4.78 is 35.0. The topological polar surface area (TPSA) is 162 Å². The third-order valence-electron chi connectivity index (χ3n) is 5.24. The number of aryl methyl sites for hydroxylation is 3. The highest BCUT2D eigenvalue weighted by molar-refractivity contribution is 7.92. The maximum absolute atomic E-state index is 12.9. The SMILES string of the molecule is Cc1cccc(C)c1-c1cc(OC[C@H](N)CC(C)C)nc(NS(=O)(=O)c2cc(C(=O)O)n(C)n2)n1. The first-order chi connectivity index (χ1) is 16.4. The number of carboxylic acid groups (broad SMARTS) is 1. The Morgan fingerprint density at radius 3 is 2.43 bits per heavy atom. The first-order valence-corrected chi connectivity index (χ1v) is 12.5. The minimum Gasteiger partial charge on any atom is -0.477 e. The van der Waals surface area contributed by atoms with E-state index in [0.717, 1.165) is 33.9 Å². The van der Waals surface area contributed by atoms with E-state index in [-0.39, 0.29) is 30.2 Å². The lowest BCUT2D eigenvalue weighted by Crippen LogP contribution is -2.29. The van der Waals surface area contributed by atoms with Crippen molar-refractivity contribution in [2.75, 3.05) is 11.3 Å². The first kappa shape index (κ1) is 26.1. The highest BCUT2D eigenvalue weighted by atomic mass is 32.2. The number of aromatic carboxylic acids is 1. The van der Waals surface area contributed by atoms with Gasteiger partial charge in [-0.3, -0.25) is 4.68 Å². The minimum absolute atomic E-state index is 0.154. The number of anilines is 1. The van der Waals surface area contributed by atoms with Crippen LogP contribution >= 0.6 is 0 Å². The average molecular weight is 503 g/mol. The zero-order chi connectivity index (χ0) is 25.9. The Morgan fingerprint density at radius 2 is 1.86 bits per heavy atom. The van der Waals surface area contributed by atoms with E-state index >= 15 is 0 Å². The maximum atomic E-state index is 12.9. The maximum Gasteiger partial charge on any atom is 0.354 e. The summed E-state index contributed by atoms with van der Waals surface area (Å²) in [5.74, 6) is -0.995. The van der Waals surface area contributed by atoms with Crippen LogP contribution in [0.1, 0.15) is 41.9 Å². The molecule has 0 saturated carbocycles. The molecule has 0 unspecified atom stereocenters.